The molecule has 4 heteroatoms. The van der Waals surface area contributed by atoms with E-state index in [-0.39, 0.29) is 24.4 Å². The molecule has 1 heterocycles. The summed E-state index contributed by atoms with van der Waals surface area (Å²) in [7, 11) is 0. The molecule has 1 aliphatic heterocycles. The molecule has 0 aromatic heterocycles. The van der Waals surface area contributed by atoms with Crippen LogP contribution < -0.4 is 5.32 Å². The summed E-state index contributed by atoms with van der Waals surface area (Å²) in [5.41, 5.74) is 0. The summed E-state index contributed by atoms with van der Waals surface area (Å²) in [4.78, 5) is 25.4. The van der Waals surface area contributed by atoms with E-state index in [0.717, 1.165) is 25.8 Å². The second kappa shape index (κ2) is 5.34. The first-order chi connectivity index (χ1) is 8.22. The molecule has 4 nitrogen and oxygen atoms in total. The van der Waals surface area contributed by atoms with Crippen LogP contribution in [0.3, 0.4) is 0 Å². The van der Waals surface area contributed by atoms with Crippen LogP contribution in [0.15, 0.2) is 12.2 Å². The molecule has 0 saturated carbocycles. The summed E-state index contributed by atoms with van der Waals surface area (Å²) in [6.07, 6.45) is 8.32. The third-order valence-corrected chi connectivity index (χ3v) is 3.63. The summed E-state index contributed by atoms with van der Waals surface area (Å²) < 4.78 is 0. The van der Waals surface area contributed by atoms with Crippen molar-refractivity contribution >= 4 is 11.8 Å². The van der Waals surface area contributed by atoms with E-state index < -0.39 is 0 Å². The molecule has 2 rings (SSSR count). The van der Waals surface area contributed by atoms with Gasteiger partial charge < -0.3 is 10.2 Å². The van der Waals surface area contributed by atoms with E-state index in [1.165, 1.54) is 0 Å². The smallest absolute Gasteiger partial charge is 0.243 e. The number of rotatable bonds is 3. The van der Waals surface area contributed by atoms with Crippen molar-refractivity contribution in [1.82, 2.24) is 10.2 Å². The van der Waals surface area contributed by atoms with Crippen molar-refractivity contribution in [2.75, 3.05) is 13.1 Å². The normalized spacial score (nSPS) is 29.4. The number of nitrogens with one attached hydrogen (secondary N) is 1. The summed E-state index contributed by atoms with van der Waals surface area (Å²) in [5.74, 6) is 0.577. The summed E-state index contributed by atoms with van der Waals surface area (Å²) in [6, 6.07) is -0.262. The molecule has 1 saturated heterocycles. The third kappa shape index (κ3) is 2.68. The molecule has 1 fully saturated rings. The van der Waals surface area contributed by atoms with Crippen LogP contribution in [0.5, 0.6) is 0 Å². The van der Waals surface area contributed by atoms with Gasteiger partial charge in [0, 0.05) is 6.54 Å². The van der Waals surface area contributed by atoms with Gasteiger partial charge in [0.25, 0.3) is 0 Å². The molecule has 0 radical (unpaired) electrons. The van der Waals surface area contributed by atoms with Gasteiger partial charge in [0.05, 0.1) is 6.54 Å². The first-order valence-corrected chi connectivity index (χ1v) is 6.44. The molecule has 2 amide bonds. The van der Waals surface area contributed by atoms with Crippen molar-refractivity contribution in [3.8, 4) is 0 Å². The van der Waals surface area contributed by atoms with E-state index in [4.69, 9.17) is 0 Å². The number of allylic oxidation sites excluding steroid dienone is 2. The van der Waals surface area contributed by atoms with Gasteiger partial charge in [0.1, 0.15) is 6.04 Å². The molecular formula is C13H20N2O2. The number of carbonyl (C=O) groups is 2. The Morgan fingerprint density at radius 1 is 1.41 bits per heavy atom. The second-order valence-corrected chi connectivity index (χ2v) is 4.84. The Kier molecular flexibility index (Phi) is 3.82. The van der Waals surface area contributed by atoms with Gasteiger partial charge >= 0.3 is 0 Å². The molecule has 1 N–H and O–H groups in total. The highest BCUT2D eigenvalue weighted by atomic mass is 16.2. The van der Waals surface area contributed by atoms with Crippen LogP contribution in [0.1, 0.15) is 32.6 Å². The van der Waals surface area contributed by atoms with Crippen molar-refractivity contribution in [3.05, 3.63) is 12.2 Å². The van der Waals surface area contributed by atoms with Crippen LogP contribution >= 0.6 is 0 Å². The fraction of sp³-hybridized carbons (Fsp3) is 0.692. The lowest BCUT2D eigenvalue weighted by Crippen LogP contribution is -2.59. The first kappa shape index (κ1) is 12.1. The number of hydrogen-bond acceptors (Lipinski definition) is 2. The number of piperazine rings is 1. The highest BCUT2D eigenvalue weighted by Crippen LogP contribution is 2.21. The standard InChI is InChI=1S/C13H20N2O2/c1-2-11-13(17)14-8-12(16)15(11)9-10-6-4-3-5-7-10/h3-4,10-11H,2,5-9H2,1H3,(H,14,17). The van der Waals surface area contributed by atoms with Gasteiger partial charge in [-0.15, -0.1) is 0 Å². The fourth-order valence-electron chi connectivity index (χ4n) is 2.63. The quantitative estimate of drug-likeness (QED) is 0.745. The minimum atomic E-state index is -0.262. The van der Waals surface area contributed by atoms with E-state index in [1.807, 2.05) is 6.92 Å². The van der Waals surface area contributed by atoms with Crippen LogP contribution in [-0.4, -0.2) is 35.8 Å². The van der Waals surface area contributed by atoms with Gasteiger partial charge in [-0.05, 0) is 31.6 Å². The van der Waals surface area contributed by atoms with Crippen LogP contribution in [-0.2, 0) is 9.59 Å². The van der Waals surface area contributed by atoms with E-state index in [9.17, 15) is 9.59 Å². The van der Waals surface area contributed by atoms with Crippen molar-refractivity contribution in [3.63, 3.8) is 0 Å². The van der Waals surface area contributed by atoms with Gasteiger partial charge in [-0.2, -0.15) is 0 Å². The SMILES string of the molecule is CCC1C(=O)NCC(=O)N1CC1CC=CCC1. The highest BCUT2D eigenvalue weighted by Gasteiger charge is 2.34. The maximum atomic E-state index is 11.9. The third-order valence-electron chi connectivity index (χ3n) is 3.63. The molecule has 17 heavy (non-hydrogen) atoms. The molecule has 0 spiro atoms. The van der Waals surface area contributed by atoms with Gasteiger partial charge in [-0.25, -0.2) is 0 Å². The number of amides is 2. The van der Waals surface area contributed by atoms with Crippen LogP contribution in [0.25, 0.3) is 0 Å². The number of nitrogens with zero attached hydrogens (tertiary/aromatic N) is 1. The molecule has 0 aromatic rings. The molecule has 1 aliphatic carbocycles. The average Bonchev–Trinajstić information content (AvgIpc) is 2.35. The van der Waals surface area contributed by atoms with Crippen LogP contribution in [0.4, 0.5) is 0 Å². The van der Waals surface area contributed by atoms with Gasteiger partial charge in [0.15, 0.2) is 0 Å². The Hall–Kier alpha value is -1.32. The Bertz CT molecular complexity index is 338. The Morgan fingerprint density at radius 3 is 2.88 bits per heavy atom. The van der Waals surface area contributed by atoms with Gasteiger partial charge in [0.2, 0.25) is 11.8 Å². The lowest BCUT2D eigenvalue weighted by atomic mass is 9.93. The summed E-state index contributed by atoms with van der Waals surface area (Å²) in [6.45, 7) is 2.85. The van der Waals surface area contributed by atoms with Crippen molar-refractivity contribution in [2.24, 2.45) is 5.92 Å². The highest BCUT2D eigenvalue weighted by molar-refractivity contribution is 5.94. The Morgan fingerprint density at radius 2 is 2.24 bits per heavy atom. The largest absolute Gasteiger partial charge is 0.345 e. The monoisotopic (exact) mass is 236 g/mol. The van der Waals surface area contributed by atoms with E-state index in [2.05, 4.69) is 17.5 Å². The van der Waals surface area contributed by atoms with Gasteiger partial charge in [-0.3, -0.25) is 9.59 Å². The van der Waals surface area contributed by atoms with E-state index >= 15 is 0 Å². The maximum Gasteiger partial charge on any atom is 0.243 e. The van der Waals surface area contributed by atoms with Crippen molar-refractivity contribution in [2.45, 2.75) is 38.6 Å². The second-order valence-electron chi connectivity index (χ2n) is 4.84. The minimum Gasteiger partial charge on any atom is -0.345 e. The zero-order chi connectivity index (χ0) is 12.3. The van der Waals surface area contributed by atoms with E-state index in [1.54, 1.807) is 4.90 Å². The topological polar surface area (TPSA) is 49.4 Å². The van der Waals surface area contributed by atoms with Crippen molar-refractivity contribution < 1.29 is 9.59 Å². The Balaban J connectivity index is 2.02. The Labute approximate surface area is 102 Å². The number of carbonyl (C=O) groups excluding carboxylic acids is 2. The zero-order valence-corrected chi connectivity index (χ0v) is 10.3. The lowest BCUT2D eigenvalue weighted by Gasteiger charge is -2.37. The van der Waals surface area contributed by atoms with Gasteiger partial charge in [-0.1, -0.05) is 19.1 Å². The zero-order valence-electron chi connectivity index (χ0n) is 10.3. The molecule has 2 unspecified atom stereocenters. The fourth-order valence-corrected chi connectivity index (χ4v) is 2.63. The molecule has 2 atom stereocenters. The first-order valence-electron chi connectivity index (χ1n) is 6.44. The predicted octanol–water partition coefficient (Wildman–Crippen LogP) is 1.08. The average molecular weight is 236 g/mol. The summed E-state index contributed by atoms with van der Waals surface area (Å²) in [5, 5.41) is 2.66. The molecule has 0 aromatic carbocycles. The number of hydrogen-bond donors (Lipinski definition) is 1. The predicted molar refractivity (Wildman–Crippen MR) is 65.3 cm³/mol. The molecule has 2 aliphatic rings. The minimum absolute atomic E-state index is 0.00143. The van der Waals surface area contributed by atoms with Crippen LogP contribution in [0, 0.1) is 5.92 Å². The van der Waals surface area contributed by atoms with Crippen molar-refractivity contribution in [1.29, 1.82) is 0 Å². The van der Waals surface area contributed by atoms with E-state index in [0.29, 0.717) is 12.3 Å². The molecule has 94 valence electrons. The summed E-state index contributed by atoms with van der Waals surface area (Å²) >= 11 is 0. The molecule has 0 bridgehead atoms. The molecular weight excluding hydrogens is 216 g/mol. The maximum absolute atomic E-state index is 11.9. The van der Waals surface area contributed by atoms with Crippen LogP contribution in [0.2, 0.25) is 0 Å². The lowest BCUT2D eigenvalue weighted by molar-refractivity contribution is -0.146.